The highest BCUT2D eigenvalue weighted by atomic mass is 35.5. The molecule has 0 radical (unpaired) electrons. The summed E-state index contributed by atoms with van der Waals surface area (Å²) in [5.41, 5.74) is 0.562. The number of likely N-dealkylation sites (N-methyl/N-ethyl adjacent to an activating group) is 1. The number of carbonyl (C=O) groups excluding carboxylic acids is 1. The van der Waals surface area contributed by atoms with Gasteiger partial charge in [-0.3, -0.25) is 9.78 Å². The largest absolute Gasteiger partial charge is 0.456 e. The first-order chi connectivity index (χ1) is 11.1. The molecule has 1 aliphatic heterocycles. The highest BCUT2D eigenvalue weighted by Crippen LogP contribution is 2.30. The van der Waals surface area contributed by atoms with E-state index in [4.69, 9.17) is 16.3 Å². The number of benzene rings is 1. The van der Waals surface area contributed by atoms with Crippen molar-refractivity contribution in [3.8, 4) is 11.5 Å². The van der Waals surface area contributed by atoms with E-state index < -0.39 is 0 Å². The van der Waals surface area contributed by atoms with Crippen LogP contribution in [-0.4, -0.2) is 42.0 Å². The van der Waals surface area contributed by atoms with E-state index in [1.54, 1.807) is 47.6 Å². The van der Waals surface area contributed by atoms with Crippen molar-refractivity contribution in [1.82, 2.24) is 15.2 Å². The molecule has 1 atom stereocenters. The van der Waals surface area contributed by atoms with Crippen molar-refractivity contribution in [2.24, 2.45) is 0 Å². The third-order valence-electron chi connectivity index (χ3n) is 3.96. The molecular formula is C17H18ClN3O2. The molecule has 2 heterocycles. The molecule has 0 bridgehead atoms. The molecule has 120 valence electrons. The van der Waals surface area contributed by atoms with Gasteiger partial charge < -0.3 is 15.0 Å². The molecule has 1 aliphatic rings. The van der Waals surface area contributed by atoms with Crippen LogP contribution in [-0.2, 0) is 0 Å². The van der Waals surface area contributed by atoms with Crippen LogP contribution in [0.25, 0.3) is 0 Å². The van der Waals surface area contributed by atoms with Crippen LogP contribution in [0.5, 0.6) is 11.5 Å². The van der Waals surface area contributed by atoms with Gasteiger partial charge in [0.25, 0.3) is 5.91 Å². The summed E-state index contributed by atoms with van der Waals surface area (Å²) < 4.78 is 5.70. The van der Waals surface area contributed by atoms with Gasteiger partial charge in [-0.15, -0.1) is 0 Å². The summed E-state index contributed by atoms with van der Waals surface area (Å²) in [6, 6.07) is 8.83. The quantitative estimate of drug-likeness (QED) is 0.936. The first kappa shape index (κ1) is 15.8. The summed E-state index contributed by atoms with van der Waals surface area (Å²) in [5.74, 6) is 1.13. The average Bonchev–Trinajstić information content (AvgIpc) is 3.11. The van der Waals surface area contributed by atoms with Crippen LogP contribution < -0.4 is 10.1 Å². The Morgan fingerprint density at radius 3 is 2.78 bits per heavy atom. The molecular weight excluding hydrogens is 314 g/mol. The molecule has 0 aliphatic carbocycles. The summed E-state index contributed by atoms with van der Waals surface area (Å²) in [6.07, 6.45) is 4.26. The van der Waals surface area contributed by atoms with Crippen LogP contribution in [0.2, 0.25) is 5.02 Å². The minimum atomic E-state index is -0.0314. The third kappa shape index (κ3) is 3.63. The molecule has 23 heavy (non-hydrogen) atoms. The summed E-state index contributed by atoms with van der Waals surface area (Å²) in [5, 5.41) is 3.67. The van der Waals surface area contributed by atoms with Gasteiger partial charge in [0.1, 0.15) is 11.5 Å². The normalized spacial score (nSPS) is 17.0. The number of ether oxygens (including phenoxy) is 1. The zero-order chi connectivity index (χ0) is 16.2. The van der Waals surface area contributed by atoms with Crippen LogP contribution in [0.3, 0.4) is 0 Å². The van der Waals surface area contributed by atoms with Crippen LogP contribution in [0.4, 0.5) is 0 Å². The van der Waals surface area contributed by atoms with Gasteiger partial charge in [0, 0.05) is 37.6 Å². The standard InChI is InChI=1S/C17H18ClN3O2/c1-21(13-4-7-20-11-13)17(22)12-2-3-16(15(18)10-12)23-14-5-8-19-9-6-14/h2-3,5-6,8-10,13,20H,4,7,11H2,1H3. The fraction of sp³-hybridized carbons (Fsp3) is 0.294. The Bertz CT molecular complexity index is 687. The fourth-order valence-corrected chi connectivity index (χ4v) is 2.81. The second-order valence-corrected chi connectivity index (χ2v) is 5.90. The molecule has 1 amide bonds. The number of hydrogen-bond acceptors (Lipinski definition) is 4. The maximum atomic E-state index is 12.5. The van der Waals surface area contributed by atoms with Gasteiger partial charge >= 0.3 is 0 Å². The van der Waals surface area contributed by atoms with Crippen LogP contribution in [0.15, 0.2) is 42.7 Å². The molecule has 1 aromatic heterocycles. The smallest absolute Gasteiger partial charge is 0.253 e. The number of nitrogens with zero attached hydrogens (tertiary/aromatic N) is 2. The lowest BCUT2D eigenvalue weighted by atomic mass is 10.1. The van der Waals surface area contributed by atoms with Crippen LogP contribution >= 0.6 is 11.6 Å². The Hall–Kier alpha value is -2.11. The number of rotatable bonds is 4. The van der Waals surface area contributed by atoms with E-state index in [9.17, 15) is 4.79 Å². The second kappa shape index (κ2) is 6.98. The molecule has 1 unspecified atom stereocenters. The van der Waals surface area contributed by atoms with Gasteiger partial charge in [0.05, 0.1) is 5.02 Å². The van der Waals surface area contributed by atoms with Crippen LogP contribution in [0, 0.1) is 0 Å². The van der Waals surface area contributed by atoms with Gasteiger partial charge in [-0.1, -0.05) is 11.6 Å². The molecule has 1 N–H and O–H groups in total. The van der Waals surface area contributed by atoms with E-state index >= 15 is 0 Å². The molecule has 3 rings (SSSR count). The maximum Gasteiger partial charge on any atom is 0.253 e. The number of carbonyl (C=O) groups is 1. The lowest BCUT2D eigenvalue weighted by molar-refractivity contribution is 0.0744. The van der Waals surface area contributed by atoms with Crippen molar-refractivity contribution in [2.75, 3.05) is 20.1 Å². The van der Waals surface area contributed by atoms with Crippen molar-refractivity contribution >= 4 is 17.5 Å². The van der Waals surface area contributed by atoms with Gasteiger partial charge in [-0.2, -0.15) is 0 Å². The van der Waals surface area contributed by atoms with E-state index in [0.717, 1.165) is 19.5 Å². The molecule has 0 saturated carbocycles. The molecule has 5 nitrogen and oxygen atoms in total. The van der Waals surface area contributed by atoms with Crippen LogP contribution in [0.1, 0.15) is 16.8 Å². The minimum absolute atomic E-state index is 0.0314. The number of amides is 1. The van der Waals surface area contributed by atoms with E-state index in [-0.39, 0.29) is 11.9 Å². The maximum absolute atomic E-state index is 12.5. The first-order valence-electron chi connectivity index (χ1n) is 7.50. The van der Waals surface area contributed by atoms with Crippen molar-refractivity contribution in [2.45, 2.75) is 12.5 Å². The molecule has 1 fully saturated rings. The molecule has 0 spiro atoms. The Morgan fingerprint density at radius 2 is 2.13 bits per heavy atom. The monoisotopic (exact) mass is 331 g/mol. The Morgan fingerprint density at radius 1 is 1.35 bits per heavy atom. The highest BCUT2D eigenvalue weighted by Gasteiger charge is 2.24. The first-order valence-corrected chi connectivity index (χ1v) is 7.88. The van der Waals surface area contributed by atoms with E-state index in [1.165, 1.54) is 0 Å². The van der Waals surface area contributed by atoms with Gasteiger partial charge in [-0.05, 0) is 43.3 Å². The second-order valence-electron chi connectivity index (χ2n) is 5.49. The predicted molar refractivity (Wildman–Crippen MR) is 89.1 cm³/mol. The third-order valence-corrected chi connectivity index (χ3v) is 4.25. The Kier molecular flexibility index (Phi) is 4.79. The minimum Gasteiger partial charge on any atom is -0.456 e. The number of halogens is 1. The van der Waals surface area contributed by atoms with E-state index in [0.29, 0.717) is 22.1 Å². The van der Waals surface area contributed by atoms with Crippen molar-refractivity contribution in [1.29, 1.82) is 0 Å². The number of aromatic nitrogens is 1. The Balaban J connectivity index is 1.74. The summed E-state index contributed by atoms with van der Waals surface area (Å²) in [4.78, 5) is 18.3. The number of pyridine rings is 1. The lowest BCUT2D eigenvalue weighted by Crippen LogP contribution is -2.38. The van der Waals surface area contributed by atoms with Gasteiger partial charge in [0.15, 0.2) is 0 Å². The molecule has 1 aromatic carbocycles. The van der Waals surface area contributed by atoms with Gasteiger partial charge in [-0.25, -0.2) is 0 Å². The SMILES string of the molecule is CN(C(=O)c1ccc(Oc2ccncc2)c(Cl)c1)C1CCNC1. The summed E-state index contributed by atoms with van der Waals surface area (Å²) >= 11 is 6.26. The highest BCUT2D eigenvalue weighted by molar-refractivity contribution is 6.32. The lowest BCUT2D eigenvalue weighted by Gasteiger charge is -2.24. The topological polar surface area (TPSA) is 54.5 Å². The van der Waals surface area contributed by atoms with Gasteiger partial charge in [0.2, 0.25) is 0 Å². The average molecular weight is 332 g/mol. The number of nitrogens with one attached hydrogen (secondary N) is 1. The molecule has 2 aromatic rings. The van der Waals surface area contributed by atoms with E-state index in [1.807, 2.05) is 7.05 Å². The molecule has 1 saturated heterocycles. The number of hydrogen-bond donors (Lipinski definition) is 1. The summed E-state index contributed by atoms with van der Waals surface area (Å²) in [6.45, 7) is 1.78. The zero-order valence-corrected chi connectivity index (χ0v) is 13.6. The Labute approximate surface area is 140 Å². The van der Waals surface area contributed by atoms with Crippen molar-refractivity contribution in [3.63, 3.8) is 0 Å². The fourth-order valence-electron chi connectivity index (χ4n) is 2.59. The van der Waals surface area contributed by atoms with E-state index in [2.05, 4.69) is 10.3 Å². The van der Waals surface area contributed by atoms with Crippen molar-refractivity contribution in [3.05, 3.63) is 53.3 Å². The van der Waals surface area contributed by atoms with Crippen molar-refractivity contribution < 1.29 is 9.53 Å². The molecule has 6 heteroatoms. The zero-order valence-electron chi connectivity index (χ0n) is 12.8. The predicted octanol–water partition coefficient (Wildman–Crippen LogP) is 2.96. The summed E-state index contributed by atoms with van der Waals surface area (Å²) in [7, 11) is 1.83.